The third-order valence-electron chi connectivity index (χ3n) is 1.92. The van der Waals surface area contributed by atoms with Crippen LogP contribution in [0, 0.1) is 0 Å². The van der Waals surface area contributed by atoms with Gasteiger partial charge in [0, 0.05) is 13.2 Å². The summed E-state index contributed by atoms with van der Waals surface area (Å²) in [6, 6.07) is -0.230. The number of hydrogen-bond donors (Lipinski definition) is 1. The molecule has 90 valence electrons. The monoisotopic (exact) mass is 217 g/mol. The number of ether oxygens (including phenoxy) is 2. The van der Waals surface area contributed by atoms with E-state index in [0.717, 1.165) is 19.6 Å². The number of rotatable bonds is 9. The van der Waals surface area contributed by atoms with Gasteiger partial charge in [-0.3, -0.25) is 4.79 Å². The van der Waals surface area contributed by atoms with E-state index in [1.165, 1.54) is 0 Å². The first-order valence-corrected chi connectivity index (χ1v) is 5.73. The molecule has 0 bridgehead atoms. The molecule has 0 radical (unpaired) electrons. The molecule has 0 rings (SSSR count). The van der Waals surface area contributed by atoms with E-state index in [0.29, 0.717) is 19.6 Å². The second-order valence-corrected chi connectivity index (χ2v) is 3.26. The maximum absolute atomic E-state index is 11.5. The first-order chi connectivity index (χ1) is 7.26. The fraction of sp³-hybridized carbons (Fsp3) is 0.909. The zero-order valence-corrected chi connectivity index (χ0v) is 10.0. The SMILES string of the molecule is CCCOCCC(NCC)C(=O)OCC. The highest BCUT2D eigenvalue weighted by atomic mass is 16.5. The van der Waals surface area contributed by atoms with Crippen LogP contribution in [0.25, 0.3) is 0 Å². The molecule has 0 spiro atoms. The molecule has 4 heteroatoms. The van der Waals surface area contributed by atoms with Crippen molar-refractivity contribution in [2.24, 2.45) is 0 Å². The van der Waals surface area contributed by atoms with Crippen LogP contribution < -0.4 is 5.32 Å². The summed E-state index contributed by atoms with van der Waals surface area (Å²) in [6.45, 7) is 8.39. The average Bonchev–Trinajstić information content (AvgIpc) is 2.23. The van der Waals surface area contributed by atoms with Crippen LogP contribution in [0.5, 0.6) is 0 Å². The molecule has 0 fully saturated rings. The van der Waals surface area contributed by atoms with Gasteiger partial charge >= 0.3 is 5.97 Å². The Balaban J connectivity index is 3.76. The molecule has 0 heterocycles. The molecule has 1 N–H and O–H groups in total. The van der Waals surface area contributed by atoms with E-state index in [1.807, 2.05) is 13.8 Å². The molecule has 1 unspecified atom stereocenters. The van der Waals surface area contributed by atoms with Crippen molar-refractivity contribution in [2.75, 3.05) is 26.4 Å². The summed E-state index contributed by atoms with van der Waals surface area (Å²) in [5.74, 6) is -0.181. The summed E-state index contributed by atoms with van der Waals surface area (Å²) in [6.07, 6.45) is 1.68. The van der Waals surface area contributed by atoms with Crippen LogP contribution in [-0.4, -0.2) is 38.4 Å². The molecule has 0 saturated heterocycles. The maximum Gasteiger partial charge on any atom is 0.323 e. The first-order valence-electron chi connectivity index (χ1n) is 5.73. The number of carbonyl (C=O) groups is 1. The van der Waals surface area contributed by atoms with E-state index < -0.39 is 0 Å². The Labute approximate surface area is 92.3 Å². The van der Waals surface area contributed by atoms with Crippen molar-refractivity contribution >= 4 is 5.97 Å². The Kier molecular flexibility index (Phi) is 9.52. The molecule has 0 aliphatic carbocycles. The summed E-state index contributed by atoms with van der Waals surface area (Å²) >= 11 is 0. The molecule has 0 aromatic rings. The molecule has 0 aliphatic heterocycles. The zero-order chi connectivity index (χ0) is 11.5. The predicted molar refractivity (Wildman–Crippen MR) is 59.8 cm³/mol. The Morgan fingerprint density at radius 1 is 1.27 bits per heavy atom. The number of hydrogen-bond acceptors (Lipinski definition) is 4. The van der Waals surface area contributed by atoms with Crippen molar-refractivity contribution in [3.63, 3.8) is 0 Å². The highest BCUT2D eigenvalue weighted by Crippen LogP contribution is 1.97. The predicted octanol–water partition coefficient (Wildman–Crippen LogP) is 1.34. The Morgan fingerprint density at radius 3 is 2.53 bits per heavy atom. The maximum atomic E-state index is 11.5. The van der Waals surface area contributed by atoms with E-state index in [2.05, 4.69) is 12.2 Å². The minimum Gasteiger partial charge on any atom is -0.465 e. The molecule has 1 atom stereocenters. The lowest BCUT2D eigenvalue weighted by molar-refractivity contribution is -0.146. The van der Waals surface area contributed by atoms with Crippen LogP contribution >= 0.6 is 0 Å². The van der Waals surface area contributed by atoms with Crippen molar-refractivity contribution in [1.82, 2.24) is 5.32 Å². The lowest BCUT2D eigenvalue weighted by Crippen LogP contribution is -2.38. The first kappa shape index (κ1) is 14.4. The smallest absolute Gasteiger partial charge is 0.323 e. The quantitative estimate of drug-likeness (QED) is 0.468. The van der Waals surface area contributed by atoms with Gasteiger partial charge in [0.25, 0.3) is 0 Å². The van der Waals surface area contributed by atoms with Gasteiger partial charge in [0.15, 0.2) is 0 Å². The van der Waals surface area contributed by atoms with Gasteiger partial charge in [-0.1, -0.05) is 13.8 Å². The molecular formula is C11H23NO3. The van der Waals surface area contributed by atoms with Crippen molar-refractivity contribution in [2.45, 2.75) is 39.7 Å². The summed E-state index contributed by atoms with van der Waals surface area (Å²) in [4.78, 5) is 11.5. The minimum atomic E-state index is -0.230. The third-order valence-corrected chi connectivity index (χ3v) is 1.92. The van der Waals surface area contributed by atoms with Crippen molar-refractivity contribution in [1.29, 1.82) is 0 Å². The summed E-state index contributed by atoms with van der Waals surface area (Å²) in [5, 5.41) is 3.09. The van der Waals surface area contributed by atoms with E-state index in [9.17, 15) is 4.79 Å². The molecule has 0 aromatic heterocycles. The normalized spacial score (nSPS) is 12.5. The van der Waals surface area contributed by atoms with Gasteiger partial charge in [-0.05, 0) is 26.3 Å². The van der Waals surface area contributed by atoms with Gasteiger partial charge in [-0.15, -0.1) is 0 Å². The molecule has 0 saturated carbocycles. The lowest BCUT2D eigenvalue weighted by atomic mass is 10.2. The average molecular weight is 217 g/mol. The molecule has 0 aliphatic rings. The highest BCUT2D eigenvalue weighted by molar-refractivity contribution is 5.75. The van der Waals surface area contributed by atoms with Crippen molar-refractivity contribution < 1.29 is 14.3 Å². The van der Waals surface area contributed by atoms with Crippen molar-refractivity contribution in [3.8, 4) is 0 Å². The van der Waals surface area contributed by atoms with Gasteiger partial charge < -0.3 is 14.8 Å². The molecule has 0 aromatic carbocycles. The Morgan fingerprint density at radius 2 is 2.00 bits per heavy atom. The fourth-order valence-electron chi connectivity index (χ4n) is 1.24. The van der Waals surface area contributed by atoms with Crippen LogP contribution in [0.15, 0.2) is 0 Å². The zero-order valence-electron chi connectivity index (χ0n) is 10.0. The fourth-order valence-corrected chi connectivity index (χ4v) is 1.24. The molecule has 4 nitrogen and oxygen atoms in total. The van der Waals surface area contributed by atoms with Crippen molar-refractivity contribution in [3.05, 3.63) is 0 Å². The van der Waals surface area contributed by atoms with Gasteiger partial charge in [0.1, 0.15) is 6.04 Å². The van der Waals surface area contributed by atoms with E-state index in [-0.39, 0.29) is 12.0 Å². The van der Waals surface area contributed by atoms with Crippen LogP contribution in [-0.2, 0) is 14.3 Å². The Hall–Kier alpha value is -0.610. The highest BCUT2D eigenvalue weighted by Gasteiger charge is 2.17. The van der Waals surface area contributed by atoms with Gasteiger partial charge in [-0.2, -0.15) is 0 Å². The van der Waals surface area contributed by atoms with Crippen LogP contribution in [0.3, 0.4) is 0 Å². The number of carbonyl (C=O) groups excluding carboxylic acids is 1. The summed E-state index contributed by atoms with van der Waals surface area (Å²) < 4.78 is 10.3. The van der Waals surface area contributed by atoms with E-state index >= 15 is 0 Å². The number of likely N-dealkylation sites (N-methyl/N-ethyl adjacent to an activating group) is 1. The Bertz CT molecular complexity index is 162. The number of esters is 1. The largest absolute Gasteiger partial charge is 0.465 e. The third kappa shape index (κ3) is 7.33. The van der Waals surface area contributed by atoms with Gasteiger partial charge in [0.2, 0.25) is 0 Å². The molecule has 15 heavy (non-hydrogen) atoms. The van der Waals surface area contributed by atoms with E-state index in [1.54, 1.807) is 0 Å². The standard InChI is InChI=1S/C11H23NO3/c1-4-8-14-9-7-10(12-5-2)11(13)15-6-3/h10,12H,4-9H2,1-3H3. The minimum absolute atomic E-state index is 0.181. The molecule has 0 amide bonds. The van der Waals surface area contributed by atoms with Crippen LogP contribution in [0.2, 0.25) is 0 Å². The van der Waals surface area contributed by atoms with E-state index in [4.69, 9.17) is 9.47 Å². The lowest BCUT2D eigenvalue weighted by Gasteiger charge is -2.15. The topological polar surface area (TPSA) is 47.6 Å². The second-order valence-electron chi connectivity index (χ2n) is 3.26. The van der Waals surface area contributed by atoms with Crippen LogP contribution in [0.4, 0.5) is 0 Å². The number of nitrogens with one attached hydrogen (secondary N) is 1. The van der Waals surface area contributed by atoms with Gasteiger partial charge in [0.05, 0.1) is 6.61 Å². The second kappa shape index (κ2) is 9.93. The summed E-state index contributed by atoms with van der Waals surface area (Å²) in [5.41, 5.74) is 0. The van der Waals surface area contributed by atoms with Gasteiger partial charge in [-0.25, -0.2) is 0 Å². The van der Waals surface area contributed by atoms with Crippen LogP contribution in [0.1, 0.15) is 33.6 Å². The summed E-state index contributed by atoms with van der Waals surface area (Å²) in [7, 11) is 0. The molecular weight excluding hydrogens is 194 g/mol.